The van der Waals surface area contributed by atoms with Gasteiger partial charge in [-0.1, -0.05) is 30.3 Å². The number of nitrogens with zero attached hydrogens (tertiary/aromatic N) is 3. The number of pyridine rings is 1. The van der Waals surface area contributed by atoms with Crippen LogP contribution in [0.15, 0.2) is 79.0 Å². The Kier molecular flexibility index (Phi) is 8.03. The third-order valence-corrected chi connectivity index (χ3v) is 6.90. The number of hydrogen-bond acceptors (Lipinski definition) is 4. The first-order chi connectivity index (χ1) is 20.4. The van der Waals surface area contributed by atoms with Gasteiger partial charge in [0.15, 0.2) is 11.5 Å². The lowest BCUT2D eigenvalue weighted by molar-refractivity contribution is -0.140. The highest BCUT2D eigenvalue weighted by Crippen LogP contribution is 2.35. The second-order valence-corrected chi connectivity index (χ2v) is 9.94. The fraction of sp³-hybridized carbons (Fsp3) is 0.161. The number of rotatable bonds is 9. The van der Waals surface area contributed by atoms with Gasteiger partial charge < -0.3 is 5.73 Å². The second kappa shape index (κ2) is 11.7. The van der Waals surface area contributed by atoms with Crippen molar-refractivity contribution in [1.29, 1.82) is 0 Å². The van der Waals surface area contributed by atoms with Crippen LogP contribution >= 0.6 is 0 Å². The minimum atomic E-state index is -4.75. The van der Waals surface area contributed by atoms with Crippen LogP contribution in [0, 0.1) is 17.5 Å². The van der Waals surface area contributed by atoms with Crippen LogP contribution in [0.2, 0.25) is 0 Å². The molecule has 0 fully saturated rings. The Morgan fingerprint density at radius 3 is 2.33 bits per heavy atom. The number of ketones is 1. The summed E-state index contributed by atoms with van der Waals surface area (Å²) in [5.74, 6) is -4.89. The van der Waals surface area contributed by atoms with Crippen molar-refractivity contribution in [2.45, 2.75) is 31.5 Å². The third kappa shape index (κ3) is 6.42. The monoisotopic (exact) mass is 596 g/mol. The van der Waals surface area contributed by atoms with Crippen molar-refractivity contribution < 1.29 is 35.9 Å². The molecule has 0 aliphatic heterocycles. The summed E-state index contributed by atoms with van der Waals surface area (Å²) in [5, 5.41) is 3.50. The first-order valence-electron chi connectivity index (χ1n) is 12.9. The maximum atomic E-state index is 14.2. The summed E-state index contributed by atoms with van der Waals surface area (Å²) in [5.41, 5.74) is 5.13. The van der Waals surface area contributed by atoms with Crippen LogP contribution in [0.25, 0.3) is 22.0 Å². The Balaban J connectivity index is 1.54. The molecule has 5 rings (SSSR count). The topological polar surface area (TPSA) is 90.9 Å². The van der Waals surface area contributed by atoms with Crippen LogP contribution in [-0.2, 0) is 23.9 Å². The van der Waals surface area contributed by atoms with Crippen LogP contribution in [0.4, 0.5) is 26.3 Å². The molecule has 0 saturated heterocycles. The lowest BCUT2D eigenvalue weighted by Gasteiger charge is -2.20. The summed E-state index contributed by atoms with van der Waals surface area (Å²) in [6, 6.07) is 15.4. The molecule has 0 saturated carbocycles. The van der Waals surface area contributed by atoms with Crippen molar-refractivity contribution in [2.75, 3.05) is 0 Å². The van der Waals surface area contributed by atoms with Gasteiger partial charge >= 0.3 is 6.18 Å². The molecule has 0 spiro atoms. The summed E-state index contributed by atoms with van der Waals surface area (Å²) in [6.45, 7) is -0.519. The Morgan fingerprint density at radius 2 is 1.63 bits per heavy atom. The smallest absolute Gasteiger partial charge is 0.366 e. The molecule has 1 amide bonds. The average Bonchev–Trinajstić information content (AvgIpc) is 3.31. The Bertz CT molecular complexity index is 1830. The summed E-state index contributed by atoms with van der Waals surface area (Å²) in [7, 11) is 0. The van der Waals surface area contributed by atoms with Gasteiger partial charge in [0.25, 0.3) is 5.91 Å². The van der Waals surface area contributed by atoms with Crippen molar-refractivity contribution in [3.05, 3.63) is 119 Å². The molecular formula is C31H22F6N4O2. The minimum Gasteiger partial charge on any atom is -0.366 e. The van der Waals surface area contributed by atoms with E-state index in [1.165, 1.54) is 42.6 Å². The van der Waals surface area contributed by atoms with Crippen molar-refractivity contribution in [3.63, 3.8) is 0 Å². The number of carbonyl (C=O) groups is 2. The number of nitrogens with two attached hydrogens (primary N) is 1. The largest absolute Gasteiger partial charge is 0.435 e. The molecule has 0 radical (unpaired) electrons. The van der Waals surface area contributed by atoms with Crippen molar-refractivity contribution in [2.24, 2.45) is 5.73 Å². The lowest BCUT2D eigenvalue weighted by Crippen LogP contribution is -2.18. The summed E-state index contributed by atoms with van der Waals surface area (Å²) >= 11 is 0. The van der Waals surface area contributed by atoms with E-state index >= 15 is 0 Å². The minimum absolute atomic E-state index is 0.0814. The van der Waals surface area contributed by atoms with Crippen molar-refractivity contribution in [1.82, 2.24) is 14.8 Å². The van der Waals surface area contributed by atoms with Crippen LogP contribution in [0.1, 0.15) is 39.6 Å². The van der Waals surface area contributed by atoms with Gasteiger partial charge in [0.05, 0.1) is 16.8 Å². The van der Waals surface area contributed by atoms with Gasteiger partial charge in [-0.2, -0.15) is 18.3 Å². The molecule has 2 aromatic heterocycles. The quantitative estimate of drug-likeness (QED) is 0.194. The van der Waals surface area contributed by atoms with Gasteiger partial charge in [0, 0.05) is 35.6 Å². The van der Waals surface area contributed by atoms with E-state index in [0.717, 1.165) is 22.9 Å². The van der Waals surface area contributed by atoms with Crippen LogP contribution in [0.3, 0.4) is 0 Å². The number of alkyl halides is 3. The van der Waals surface area contributed by atoms with Gasteiger partial charge in [-0.3, -0.25) is 19.3 Å². The standard InChI is InChI=1S/C31H22F6N4O2/c32-20-11-17(12-21(33)15-20)10-19(28-23(5-3-9-39-28)18-7-8-26(34)25(14-18)30(38)43)13-22(42)16-41-27-6-2-1-4-24(27)29(40-41)31(35,36)37/h1-9,11-12,14-15,19H,10,13,16H2,(H2,38,43)/t19-/m1/s1. The number of aromatic nitrogens is 3. The number of halogens is 6. The van der Waals surface area contributed by atoms with Crippen molar-refractivity contribution in [3.8, 4) is 11.1 Å². The number of hydrogen-bond donors (Lipinski definition) is 1. The predicted octanol–water partition coefficient (Wildman–Crippen LogP) is 6.62. The van der Waals surface area contributed by atoms with E-state index in [1.54, 1.807) is 12.1 Å². The third-order valence-electron chi connectivity index (χ3n) is 6.90. The van der Waals surface area contributed by atoms with Gasteiger partial charge in [-0.05, 0) is 53.9 Å². The Labute approximate surface area is 240 Å². The van der Waals surface area contributed by atoms with E-state index in [4.69, 9.17) is 5.73 Å². The molecule has 0 aliphatic rings. The number of primary amides is 1. The molecule has 12 heteroatoms. The zero-order valence-corrected chi connectivity index (χ0v) is 22.2. The van der Waals surface area contributed by atoms with Crippen LogP contribution in [-0.4, -0.2) is 26.5 Å². The number of carbonyl (C=O) groups excluding carboxylic acids is 2. The zero-order chi connectivity index (χ0) is 30.9. The SMILES string of the molecule is NC(=O)c1cc(-c2cccnc2[C@@H](CC(=O)Cn2nc(C(F)(F)F)c3ccccc32)Cc2cc(F)cc(F)c2)ccc1F. The van der Waals surface area contributed by atoms with Crippen molar-refractivity contribution >= 4 is 22.6 Å². The van der Waals surface area contributed by atoms with E-state index in [-0.39, 0.29) is 40.6 Å². The highest BCUT2D eigenvalue weighted by molar-refractivity contribution is 5.94. The summed E-state index contributed by atoms with van der Waals surface area (Å²) in [6.07, 6.45) is -3.71. The summed E-state index contributed by atoms with van der Waals surface area (Å²) < 4.78 is 84.2. The fourth-order valence-corrected chi connectivity index (χ4v) is 5.11. The molecular weight excluding hydrogens is 574 g/mol. The maximum absolute atomic E-state index is 14.2. The predicted molar refractivity (Wildman–Crippen MR) is 145 cm³/mol. The van der Waals surface area contributed by atoms with Gasteiger partial charge in [0.1, 0.15) is 24.0 Å². The van der Waals surface area contributed by atoms with E-state index in [9.17, 15) is 35.9 Å². The molecule has 3 aromatic carbocycles. The molecule has 1 atom stereocenters. The average molecular weight is 597 g/mol. The van der Waals surface area contributed by atoms with E-state index in [1.807, 2.05) is 0 Å². The molecule has 43 heavy (non-hydrogen) atoms. The number of amides is 1. The van der Waals surface area contributed by atoms with E-state index in [2.05, 4.69) is 10.1 Å². The van der Waals surface area contributed by atoms with Gasteiger partial charge in [0.2, 0.25) is 0 Å². The van der Waals surface area contributed by atoms with E-state index < -0.39 is 53.5 Å². The number of benzene rings is 3. The normalized spacial score (nSPS) is 12.4. The fourth-order valence-electron chi connectivity index (χ4n) is 5.11. The van der Waals surface area contributed by atoms with Gasteiger partial charge in [-0.25, -0.2) is 13.2 Å². The molecule has 2 heterocycles. The maximum Gasteiger partial charge on any atom is 0.435 e. The second-order valence-electron chi connectivity index (χ2n) is 9.94. The molecule has 0 unspecified atom stereocenters. The van der Waals surface area contributed by atoms with E-state index in [0.29, 0.717) is 17.2 Å². The Hall–Kier alpha value is -5.00. The van der Waals surface area contributed by atoms with Crippen LogP contribution in [0.5, 0.6) is 0 Å². The first-order valence-corrected chi connectivity index (χ1v) is 12.9. The number of para-hydroxylation sites is 1. The van der Waals surface area contributed by atoms with Gasteiger partial charge in [-0.15, -0.1) is 0 Å². The molecule has 5 aromatic rings. The number of fused-ring (bicyclic) bond motifs is 1. The molecule has 0 aliphatic carbocycles. The lowest BCUT2D eigenvalue weighted by atomic mass is 9.86. The van der Waals surface area contributed by atoms with Crippen LogP contribution < -0.4 is 5.73 Å². The molecule has 6 nitrogen and oxygen atoms in total. The highest BCUT2D eigenvalue weighted by Gasteiger charge is 2.37. The molecule has 2 N–H and O–H groups in total. The molecule has 0 bridgehead atoms. The number of Topliss-reactive ketones (excluding diaryl/α,β-unsaturated/α-hetero) is 1. The highest BCUT2D eigenvalue weighted by atomic mass is 19.4. The summed E-state index contributed by atoms with van der Waals surface area (Å²) in [4.78, 5) is 29.6. The first kappa shape index (κ1) is 29.5. The molecule has 220 valence electrons. The Morgan fingerprint density at radius 1 is 0.907 bits per heavy atom. The zero-order valence-electron chi connectivity index (χ0n) is 22.2.